The van der Waals surface area contributed by atoms with Gasteiger partial charge in [0.25, 0.3) is 12.0 Å². The molecule has 13 heteroatoms. The number of carboxylic acids is 1. The summed E-state index contributed by atoms with van der Waals surface area (Å²) in [5, 5.41) is 21.7. The Morgan fingerprint density at radius 2 is 1.60 bits per heavy atom. The first-order valence-electron chi connectivity index (χ1n) is 17.9. The molecule has 0 unspecified atom stereocenters. The lowest BCUT2D eigenvalue weighted by Crippen LogP contribution is -2.69. The van der Waals surface area contributed by atoms with Crippen LogP contribution in [0.25, 0.3) is 16.9 Å². The Bertz CT molecular complexity index is 1780. The van der Waals surface area contributed by atoms with Crippen LogP contribution in [0.5, 0.6) is 11.5 Å². The standard InChI is InChI=1S/C39H50N6O6.ClH/c1-24(2)30-21-27(37(47)43(5)15-9-14-42(3)4)12-13-31(30)44-32(36-33(50-6)10-8-11-34(36)51-7)22-35(41-44)45(40-23-46)39(38(48)49)28-17-25-16-26(19-28)20-29(39)18-25;/h8,10-13,21-22,24-26,28-29H,9,14-20H2,1-7H3,(H,48,49);1H. The normalized spacial score (nSPS) is 22.9. The summed E-state index contributed by atoms with van der Waals surface area (Å²) in [6.07, 6.45) is 6.76. The molecule has 4 aliphatic rings. The van der Waals surface area contributed by atoms with Gasteiger partial charge in [-0.2, -0.15) is 0 Å². The summed E-state index contributed by atoms with van der Waals surface area (Å²) in [4.78, 5) is 43.2. The number of amides is 1. The third kappa shape index (κ3) is 6.79. The minimum absolute atomic E-state index is 0. The molecular formula is C39H51ClN6O6. The van der Waals surface area contributed by atoms with Crippen molar-refractivity contribution >= 4 is 36.2 Å². The highest BCUT2D eigenvalue weighted by molar-refractivity contribution is 5.94. The van der Waals surface area contributed by atoms with Crippen molar-refractivity contribution in [2.75, 3.05) is 53.5 Å². The lowest BCUT2D eigenvalue weighted by atomic mass is 9.48. The number of methoxy groups -OCH3 is 2. The molecule has 12 nitrogen and oxygen atoms in total. The Labute approximate surface area is 312 Å². The second-order valence-corrected chi connectivity index (χ2v) is 15.1. The number of benzene rings is 2. The number of carbonyl (C=O) groups excluding carboxylic acids is 2. The van der Waals surface area contributed by atoms with Gasteiger partial charge < -0.3 is 24.4 Å². The van der Waals surface area contributed by atoms with Gasteiger partial charge in [-0.1, -0.05) is 25.0 Å². The van der Waals surface area contributed by atoms with Crippen LogP contribution in [-0.4, -0.2) is 96.6 Å². The lowest BCUT2D eigenvalue weighted by Gasteiger charge is -2.60. The molecule has 0 saturated heterocycles. The molecule has 0 radical (unpaired) electrons. The van der Waals surface area contributed by atoms with Crippen LogP contribution in [0.15, 0.2) is 47.6 Å². The fourth-order valence-electron chi connectivity index (χ4n) is 9.28. The van der Waals surface area contributed by atoms with E-state index in [9.17, 15) is 19.5 Å². The average molecular weight is 735 g/mol. The van der Waals surface area contributed by atoms with Crippen LogP contribution < -0.4 is 14.5 Å². The van der Waals surface area contributed by atoms with Gasteiger partial charge in [-0.3, -0.25) is 4.79 Å². The van der Waals surface area contributed by atoms with Gasteiger partial charge >= 0.3 is 5.97 Å². The van der Waals surface area contributed by atoms with E-state index in [0.29, 0.717) is 52.4 Å². The topological polar surface area (TPSA) is 130 Å². The summed E-state index contributed by atoms with van der Waals surface area (Å²) in [6, 6.07) is 12.8. The molecule has 0 aliphatic heterocycles. The smallest absolute Gasteiger partial charge is 0.332 e. The lowest BCUT2D eigenvalue weighted by molar-refractivity contribution is -0.160. The zero-order valence-corrected chi connectivity index (χ0v) is 32.0. The Morgan fingerprint density at radius 1 is 0.981 bits per heavy atom. The van der Waals surface area contributed by atoms with Crippen molar-refractivity contribution in [3.8, 4) is 28.4 Å². The van der Waals surface area contributed by atoms with Gasteiger partial charge in [-0.25, -0.2) is 19.3 Å². The molecule has 2 aromatic carbocycles. The minimum atomic E-state index is -1.44. The fraction of sp³-hybridized carbons (Fsp3) is 0.538. The monoisotopic (exact) mass is 734 g/mol. The number of hydrazone groups is 1. The van der Waals surface area contributed by atoms with E-state index < -0.39 is 11.5 Å². The van der Waals surface area contributed by atoms with Crippen LogP contribution in [0.1, 0.15) is 74.2 Å². The third-order valence-corrected chi connectivity index (χ3v) is 11.4. The number of aromatic nitrogens is 2. The molecule has 52 heavy (non-hydrogen) atoms. The molecule has 1 heterocycles. The van der Waals surface area contributed by atoms with Crippen LogP contribution in [0, 0.1) is 23.7 Å². The zero-order chi connectivity index (χ0) is 36.6. The number of rotatable bonds is 14. The molecular weight excluding hydrogens is 684 g/mol. The SMILES string of the molecule is COc1cccc(OC)c1-c1cc(N(N=C=O)C2(C(=O)O)C3CC4CC(C3)CC2C4)nn1-c1ccc(C(=O)N(C)CCCN(C)C)cc1C(C)C.Cl. The number of anilines is 1. The summed E-state index contributed by atoms with van der Waals surface area (Å²) in [5.74, 6) is 0.739. The van der Waals surface area contributed by atoms with Crippen molar-refractivity contribution in [1.82, 2.24) is 19.6 Å². The number of nitrogens with zero attached hydrogens (tertiary/aromatic N) is 6. The summed E-state index contributed by atoms with van der Waals surface area (Å²) in [6.45, 7) is 5.61. The maximum absolute atomic E-state index is 13.6. The molecule has 4 fully saturated rings. The third-order valence-electron chi connectivity index (χ3n) is 11.4. The van der Waals surface area contributed by atoms with Crippen molar-refractivity contribution in [3.63, 3.8) is 0 Å². The molecule has 0 atom stereocenters. The van der Waals surface area contributed by atoms with Crippen molar-refractivity contribution in [2.24, 2.45) is 28.8 Å². The van der Waals surface area contributed by atoms with E-state index >= 15 is 0 Å². The maximum Gasteiger partial charge on any atom is 0.332 e. The maximum atomic E-state index is 13.6. The first kappa shape index (κ1) is 38.8. The number of carboxylic acid groups (broad SMARTS) is 1. The minimum Gasteiger partial charge on any atom is -0.496 e. The number of aliphatic carboxylic acids is 1. The van der Waals surface area contributed by atoms with E-state index in [-0.39, 0.29) is 41.9 Å². The molecule has 1 aromatic heterocycles. The number of halogens is 1. The van der Waals surface area contributed by atoms with E-state index in [1.54, 1.807) is 42.0 Å². The second-order valence-electron chi connectivity index (χ2n) is 15.1. The van der Waals surface area contributed by atoms with Crippen molar-refractivity contribution in [3.05, 3.63) is 53.6 Å². The molecule has 4 saturated carbocycles. The van der Waals surface area contributed by atoms with E-state index in [2.05, 4.69) is 23.8 Å². The highest BCUT2D eigenvalue weighted by atomic mass is 35.5. The van der Waals surface area contributed by atoms with Crippen LogP contribution >= 0.6 is 12.4 Å². The number of ether oxygens (including phenoxy) is 2. The van der Waals surface area contributed by atoms with Gasteiger partial charge in [-0.05, 0) is 125 Å². The molecule has 4 bridgehead atoms. The number of carbonyl (C=O) groups is 2. The van der Waals surface area contributed by atoms with Crippen LogP contribution in [-0.2, 0) is 9.59 Å². The Morgan fingerprint density at radius 3 is 2.12 bits per heavy atom. The summed E-state index contributed by atoms with van der Waals surface area (Å²) < 4.78 is 13.4. The predicted molar refractivity (Wildman–Crippen MR) is 202 cm³/mol. The molecule has 4 aliphatic carbocycles. The van der Waals surface area contributed by atoms with E-state index in [1.165, 1.54) is 5.01 Å². The zero-order valence-electron chi connectivity index (χ0n) is 31.2. The molecule has 7 rings (SSSR count). The first-order chi connectivity index (χ1) is 24.4. The Hall–Kier alpha value is -4.38. The highest BCUT2D eigenvalue weighted by Gasteiger charge is 2.65. The largest absolute Gasteiger partial charge is 0.496 e. The molecule has 3 aromatic rings. The van der Waals surface area contributed by atoms with Crippen LogP contribution in [0.4, 0.5) is 5.82 Å². The van der Waals surface area contributed by atoms with Crippen molar-refractivity contribution < 1.29 is 29.0 Å². The predicted octanol–water partition coefficient (Wildman–Crippen LogP) is 6.46. The van der Waals surface area contributed by atoms with Gasteiger partial charge in [0, 0.05) is 25.2 Å². The van der Waals surface area contributed by atoms with Gasteiger partial charge in [0.15, 0.2) is 11.4 Å². The number of isocyanates is 1. The van der Waals surface area contributed by atoms with E-state index in [1.807, 2.05) is 51.5 Å². The summed E-state index contributed by atoms with van der Waals surface area (Å²) in [7, 11) is 9.00. The molecule has 1 amide bonds. The van der Waals surface area contributed by atoms with E-state index in [4.69, 9.17) is 14.6 Å². The number of hydrogen-bond acceptors (Lipinski definition) is 9. The Kier molecular flexibility index (Phi) is 11.7. The van der Waals surface area contributed by atoms with Crippen LogP contribution in [0.2, 0.25) is 0 Å². The van der Waals surface area contributed by atoms with E-state index in [0.717, 1.165) is 50.6 Å². The van der Waals surface area contributed by atoms with Crippen molar-refractivity contribution in [1.29, 1.82) is 0 Å². The number of hydrogen-bond donors (Lipinski definition) is 1. The van der Waals surface area contributed by atoms with Gasteiger partial charge in [0.2, 0.25) is 0 Å². The molecule has 280 valence electrons. The summed E-state index contributed by atoms with van der Waals surface area (Å²) >= 11 is 0. The molecule has 1 N–H and O–H groups in total. The average Bonchev–Trinajstić information content (AvgIpc) is 3.53. The summed E-state index contributed by atoms with van der Waals surface area (Å²) in [5.41, 5.74) is 1.82. The van der Waals surface area contributed by atoms with Gasteiger partial charge in [0.05, 0.1) is 31.2 Å². The quantitative estimate of drug-likeness (QED) is 0.113. The van der Waals surface area contributed by atoms with Gasteiger partial charge in [-0.15, -0.1) is 17.5 Å². The Balaban J connectivity index is 0.00000523. The van der Waals surface area contributed by atoms with Gasteiger partial charge in [0.1, 0.15) is 11.5 Å². The second kappa shape index (κ2) is 15.7. The fourth-order valence-corrected chi connectivity index (χ4v) is 9.28. The first-order valence-corrected chi connectivity index (χ1v) is 17.9. The van der Waals surface area contributed by atoms with Crippen LogP contribution in [0.3, 0.4) is 0 Å². The highest BCUT2D eigenvalue weighted by Crippen LogP contribution is 2.61. The molecule has 0 spiro atoms. The van der Waals surface area contributed by atoms with Crippen molar-refractivity contribution in [2.45, 2.75) is 63.8 Å².